The van der Waals surface area contributed by atoms with Gasteiger partial charge in [0.15, 0.2) is 0 Å². The van der Waals surface area contributed by atoms with Crippen LogP contribution in [-0.2, 0) is 19.4 Å². The molecular weight excluding hydrogens is 246 g/mol. The maximum Gasteiger partial charge on any atom is 0.0624 e. The van der Waals surface area contributed by atoms with Crippen molar-refractivity contribution in [2.45, 2.75) is 72.4 Å². The van der Waals surface area contributed by atoms with Crippen LogP contribution < -0.4 is 5.32 Å². The quantitative estimate of drug-likeness (QED) is 0.827. The van der Waals surface area contributed by atoms with Crippen LogP contribution in [0.2, 0.25) is 0 Å². The van der Waals surface area contributed by atoms with Gasteiger partial charge in [-0.05, 0) is 63.5 Å². The average Bonchev–Trinajstić information content (AvgIpc) is 3.02. The third kappa shape index (κ3) is 3.43. The second kappa shape index (κ2) is 7.26. The lowest BCUT2D eigenvalue weighted by molar-refractivity contribution is 0.345. The molecule has 2 rings (SSSR count). The molecule has 0 aliphatic heterocycles. The molecule has 1 aliphatic carbocycles. The molecule has 0 radical (unpaired) electrons. The molecule has 0 saturated heterocycles. The minimum Gasteiger partial charge on any atom is -0.314 e. The van der Waals surface area contributed by atoms with Gasteiger partial charge in [0.25, 0.3) is 0 Å². The fraction of sp³-hybridized carbons (Fsp3) is 0.824. The Hall–Kier alpha value is -0.830. The number of hydrogen-bond acceptors (Lipinski definition) is 2. The van der Waals surface area contributed by atoms with Crippen LogP contribution >= 0.6 is 0 Å². The summed E-state index contributed by atoms with van der Waals surface area (Å²) in [5, 5.41) is 8.40. The predicted molar refractivity (Wildman–Crippen MR) is 85.0 cm³/mol. The van der Waals surface area contributed by atoms with Crippen LogP contribution in [0.3, 0.4) is 0 Å². The van der Waals surface area contributed by atoms with Crippen LogP contribution in [0.25, 0.3) is 0 Å². The van der Waals surface area contributed by atoms with Crippen molar-refractivity contribution < 1.29 is 0 Å². The number of aromatic nitrogens is 2. The first-order chi connectivity index (χ1) is 9.69. The molecule has 1 aliphatic rings. The molecule has 1 aromatic heterocycles. The van der Waals surface area contributed by atoms with E-state index in [2.05, 4.69) is 48.9 Å². The molecule has 1 aromatic rings. The third-order valence-corrected chi connectivity index (χ3v) is 4.93. The molecule has 1 fully saturated rings. The second-order valence-electron chi connectivity index (χ2n) is 6.26. The van der Waals surface area contributed by atoms with Crippen molar-refractivity contribution in [3.8, 4) is 0 Å². The van der Waals surface area contributed by atoms with Gasteiger partial charge in [0, 0.05) is 18.3 Å². The van der Waals surface area contributed by atoms with Gasteiger partial charge in [-0.15, -0.1) is 0 Å². The van der Waals surface area contributed by atoms with Crippen LogP contribution in [0.1, 0.15) is 58.3 Å². The number of rotatable bonds is 7. The Morgan fingerprint density at radius 1 is 1.30 bits per heavy atom. The summed E-state index contributed by atoms with van der Waals surface area (Å²) in [7, 11) is 0. The normalized spacial score (nSPS) is 26.3. The van der Waals surface area contributed by atoms with Crippen molar-refractivity contribution in [2.75, 3.05) is 6.54 Å². The lowest BCUT2D eigenvalue weighted by Gasteiger charge is -2.22. The molecular formula is C17H31N3. The number of nitrogens with one attached hydrogen (secondary N) is 1. The first-order valence-corrected chi connectivity index (χ1v) is 8.48. The van der Waals surface area contributed by atoms with Gasteiger partial charge >= 0.3 is 0 Å². The monoisotopic (exact) mass is 277 g/mol. The van der Waals surface area contributed by atoms with Gasteiger partial charge in [-0.2, -0.15) is 5.10 Å². The van der Waals surface area contributed by atoms with E-state index in [0.29, 0.717) is 0 Å². The van der Waals surface area contributed by atoms with Gasteiger partial charge in [0.05, 0.1) is 5.69 Å². The topological polar surface area (TPSA) is 29.9 Å². The fourth-order valence-electron chi connectivity index (χ4n) is 3.55. The van der Waals surface area contributed by atoms with Crippen LogP contribution in [0.15, 0.2) is 6.07 Å². The molecule has 0 bridgehead atoms. The van der Waals surface area contributed by atoms with E-state index >= 15 is 0 Å². The molecule has 3 nitrogen and oxygen atoms in total. The first kappa shape index (κ1) is 15.6. The lowest BCUT2D eigenvalue weighted by Crippen LogP contribution is -2.33. The van der Waals surface area contributed by atoms with Gasteiger partial charge < -0.3 is 5.32 Å². The molecule has 3 unspecified atom stereocenters. The highest BCUT2D eigenvalue weighted by Crippen LogP contribution is 2.34. The Kier molecular flexibility index (Phi) is 5.64. The molecule has 3 atom stereocenters. The van der Waals surface area contributed by atoms with E-state index in [1.54, 1.807) is 0 Å². The molecule has 3 heteroatoms. The van der Waals surface area contributed by atoms with E-state index in [9.17, 15) is 0 Å². The molecule has 1 N–H and O–H groups in total. The van der Waals surface area contributed by atoms with Crippen molar-refractivity contribution in [1.82, 2.24) is 15.1 Å². The number of nitrogens with zero attached hydrogens (tertiary/aromatic N) is 2. The van der Waals surface area contributed by atoms with Crippen LogP contribution in [0, 0.1) is 11.8 Å². The summed E-state index contributed by atoms with van der Waals surface area (Å²) < 4.78 is 2.21. The fourth-order valence-corrected chi connectivity index (χ4v) is 3.55. The molecule has 1 saturated carbocycles. The van der Waals surface area contributed by atoms with Gasteiger partial charge in [0.2, 0.25) is 0 Å². The summed E-state index contributed by atoms with van der Waals surface area (Å²) in [5.74, 6) is 1.60. The zero-order valence-electron chi connectivity index (χ0n) is 13.7. The van der Waals surface area contributed by atoms with Crippen molar-refractivity contribution in [3.05, 3.63) is 17.5 Å². The van der Waals surface area contributed by atoms with Crippen molar-refractivity contribution in [2.24, 2.45) is 11.8 Å². The summed E-state index contributed by atoms with van der Waals surface area (Å²) in [6.07, 6.45) is 6.18. The standard InChI is InChI=1S/C17H31N3/c1-5-10-18-17-9-8-14(13(17)4)11-16-12-15(6-2)19-20(16)7-3/h12-14,17-18H,5-11H2,1-4H3. The molecule has 114 valence electrons. The van der Waals surface area contributed by atoms with Crippen molar-refractivity contribution >= 4 is 0 Å². The largest absolute Gasteiger partial charge is 0.314 e. The summed E-state index contributed by atoms with van der Waals surface area (Å²) >= 11 is 0. The summed E-state index contributed by atoms with van der Waals surface area (Å²) in [5.41, 5.74) is 2.69. The zero-order chi connectivity index (χ0) is 14.5. The Morgan fingerprint density at radius 3 is 2.75 bits per heavy atom. The molecule has 0 amide bonds. The van der Waals surface area contributed by atoms with E-state index in [4.69, 9.17) is 0 Å². The SMILES string of the molecule is CCCNC1CCC(Cc2cc(CC)nn2CC)C1C. The molecule has 0 spiro atoms. The minimum absolute atomic E-state index is 0.726. The Balaban J connectivity index is 1.98. The van der Waals surface area contributed by atoms with Gasteiger partial charge in [0.1, 0.15) is 0 Å². The van der Waals surface area contributed by atoms with Crippen molar-refractivity contribution in [3.63, 3.8) is 0 Å². The highest BCUT2D eigenvalue weighted by Gasteiger charge is 2.32. The van der Waals surface area contributed by atoms with Gasteiger partial charge in [-0.1, -0.05) is 20.8 Å². The number of hydrogen-bond donors (Lipinski definition) is 1. The molecule has 0 aromatic carbocycles. The van der Waals surface area contributed by atoms with E-state index in [1.165, 1.54) is 37.1 Å². The Morgan fingerprint density at radius 2 is 2.10 bits per heavy atom. The summed E-state index contributed by atoms with van der Waals surface area (Å²) in [6, 6.07) is 3.05. The average molecular weight is 277 g/mol. The van der Waals surface area contributed by atoms with Crippen LogP contribution in [-0.4, -0.2) is 22.4 Å². The lowest BCUT2D eigenvalue weighted by atomic mass is 9.91. The van der Waals surface area contributed by atoms with E-state index in [-0.39, 0.29) is 0 Å². The first-order valence-electron chi connectivity index (χ1n) is 8.48. The van der Waals surface area contributed by atoms with E-state index < -0.39 is 0 Å². The maximum atomic E-state index is 4.68. The maximum absolute atomic E-state index is 4.68. The van der Waals surface area contributed by atoms with Crippen LogP contribution in [0.5, 0.6) is 0 Å². The zero-order valence-corrected chi connectivity index (χ0v) is 13.7. The number of aryl methyl sites for hydroxylation is 2. The highest BCUT2D eigenvalue weighted by molar-refractivity contribution is 5.12. The molecule has 20 heavy (non-hydrogen) atoms. The van der Waals surface area contributed by atoms with Gasteiger partial charge in [-0.25, -0.2) is 0 Å². The Bertz CT molecular complexity index is 410. The molecule has 1 heterocycles. The van der Waals surface area contributed by atoms with Crippen LogP contribution in [0.4, 0.5) is 0 Å². The highest BCUT2D eigenvalue weighted by atomic mass is 15.3. The van der Waals surface area contributed by atoms with Gasteiger partial charge in [-0.3, -0.25) is 4.68 Å². The third-order valence-electron chi connectivity index (χ3n) is 4.93. The summed E-state index contributed by atoms with van der Waals surface area (Å²) in [4.78, 5) is 0. The second-order valence-corrected chi connectivity index (χ2v) is 6.26. The van der Waals surface area contributed by atoms with Crippen molar-refractivity contribution in [1.29, 1.82) is 0 Å². The Labute approximate surface area is 124 Å². The summed E-state index contributed by atoms with van der Waals surface area (Å²) in [6.45, 7) is 11.2. The minimum atomic E-state index is 0.726. The van der Waals surface area contributed by atoms with E-state index in [1.807, 2.05) is 0 Å². The van der Waals surface area contributed by atoms with E-state index in [0.717, 1.165) is 37.4 Å². The smallest absolute Gasteiger partial charge is 0.0624 e. The predicted octanol–water partition coefficient (Wildman–Crippen LogP) is 3.42.